The molecule has 0 aromatic carbocycles. The maximum Gasteiger partial charge on any atom is 0.334 e. The zero-order valence-corrected chi connectivity index (χ0v) is 44.7. The number of hydrogen-bond acceptors (Lipinski definition) is 6. The van der Waals surface area contributed by atoms with E-state index in [1.165, 1.54) is 193 Å². The standard InChI is InChI=1S/C61H110O6/c1-5-8-11-14-17-20-23-26-29-32-35-38-41-44-47-50-53-65-59(62)56-58(61(64)67-55-52-49-46-43-40-37-34-31-28-25-22-19-16-13-10-7-3)57(4)60(63)66-54-51-48-45-42-39-36-33-30-27-24-21-18-15-12-9-6-2/h26-31,58H,4-25,32-56H2,1-3H3/b29-26-,30-27-,31-28-. The Morgan fingerprint density at radius 2 is 0.597 bits per heavy atom. The highest BCUT2D eigenvalue weighted by Crippen LogP contribution is 2.21. The highest BCUT2D eigenvalue weighted by Gasteiger charge is 2.31. The summed E-state index contributed by atoms with van der Waals surface area (Å²) in [5.41, 5.74) is -0.0234. The lowest BCUT2D eigenvalue weighted by atomic mass is 9.97. The highest BCUT2D eigenvalue weighted by atomic mass is 16.5. The van der Waals surface area contributed by atoms with E-state index in [0.29, 0.717) is 6.61 Å². The third-order valence-corrected chi connectivity index (χ3v) is 13.0. The van der Waals surface area contributed by atoms with Crippen molar-refractivity contribution in [1.82, 2.24) is 0 Å². The summed E-state index contributed by atoms with van der Waals surface area (Å²) in [4.78, 5) is 39.4. The largest absolute Gasteiger partial charge is 0.466 e. The number of carbonyl (C=O) groups is 3. The minimum Gasteiger partial charge on any atom is -0.466 e. The van der Waals surface area contributed by atoms with E-state index in [1.807, 2.05) is 0 Å². The summed E-state index contributed by atoms with van der Waals surface area (Å²) < 4.78 is 16.7. The van der Waals surface area contributed by atoms with E-state index in [-0.39, 0.29) is 25.2 Å². The van der Waals surface area contributed by atoms with Gasteiger partial charge in [0.1, 0.15) is 0 Å². The Morgan fingerprint density at radius 1 is 0.343 bits per heavy atom. The van der Waals surface area contributed by atoms with Crippen molar-refractivity contribution in [2.75, 3.05) is 19.8 Å². The zero-order valence-electron chi connectivity index (χ0n) is 44.7. The Kier molecular flexibility index (Phi) is 52.2. The molecule has 0 heterocycles. The second kappa shape index (κ2) is 54.3. The fourth-order valence-electron chi connectivity index (χ4n) is 8.48. The minimum atomic E-state index is -1.10. The van der Waals surface area contributed by atoms with Crippen molar-refractivity contribution in [1.29, 1.82) is 0 Å². The molecule has 0 aliphatic heterocycles. The van der Waals surface area contributed by atoms with Crippen LogP contribution in [0.1, 0.15) is 297 Å². The molecule has 6 heteroatoms. The van der Waals surface area contributed by atoms with E-state index in [9.17, 15) is 14.4 Å². The van der Waals surface area contributed by atoms with E-state index in [0.717, 1.165) is 77.0 Å². The molecule has 0 aliphatic rings. The molecular weight excluding hydrogens is 829 g/mol. The molecular formula is C61H110O6. The first kappa shape index (κ1) is 64.4. The molecule has 0 aromatic heterocycles. The van der Waals surface area contributed by atoms with Gasteiger partial charge in [-0.25, -0.2) is 4.79 Å². The topological polar surface area (TPSA) is 78.9 Å². The van der Waals surface area contributed by atoms with E-state index >= 15 is 0 Å². The van der Waals surface area contributed by atoms with Crippen LogP contribution in [0.5, 0.6) is 0 Å². The average molecular weight is 940 g/mol. The summed E-state index contributed by atoms with van der Waals surface area (Å²) in [6.45, 7) is 11.6. The maximum atomic E-state index is 13.3. The first-order valence-corrected chi connectivity index (χ1v) is 29.1. The molecule has 6 nitrogen and oxygen atoms in total. The lowest BCUT2D eigenvalue weighted by molar-refractivity contribution is -0.155. The normalized spacial score (nSPS) is 12.2. The molecule has 0 bridgehead atoms. The van der Waals surface area contributed by atoms with Gasteiger partial charge in [0, 0.05) is 5.57 Å². The molecule has 67 heavy (non-hydrogen) atoms. The number of carbonyl (C=O) groups excluding carboxylic acids is 3. The predicted octanol–water partition coefficient (Wildman–Crippen LogP) is 19.3. The van der Waals surface area contributed by atoms with Crippen LogP contribution in [0.3, 0.4) is 0 Å². The van der Waals surface area contributed by atoms with Crippen molar-refractivity contribution in [2.24, 2.45) is 5.92 Å². The lowest BCUT2D eigenvalue weighted by Crippen LogP contribution is -2.28. The Balaban J connectivity index is 4.52. The average Bonchev–Trinajstić information content (AvgIpc) is 3.33. The highest BCUT2D eigenvalue weighted by molar-refractivity contribution is 5.96. The van der Waals surface area contributed by atoms with Crippen molar-refractivity contribution in [3.8, 4) is 0 Å². The number of hydrogen-bond donors (Lipinski definition) is 0. The van der Waals surface area contributed by atoms with Gasteiger partial charge < -0.3 is 14.2 Å². The molecule has 0 fully saturated rings. The fraction of sp³-hybridized carbons (Fsp3) is 0.820. The van der Waals surface area contributed by atoms with Crippen molar-refractivity contribution < 1.29 is 28.6 Å². The van der Waals surface area contributed by atoms with Gasteiger partial charge in [-0.1, -0.05) is 237 Å². The molecule has 0 rings (SSSR count). The van der Waals surface area contributed by atoms with Gasteiger partial charge in [0.05, 0.1) is 32.2 Å². The molecule has 0 amide bonds. The van der Waals surface area contributed by atoms with Crippen LogP contribution in [0.4, 0.5) is 0 Å². The Hall–Kier alpha value is -2.63. The van der Waals surface area contributed by atoms with Crippen LogP contribution in [0.2, 0.25) is 0 Å². The molecule has 0 radical (unpaired) electrons. The molecule has 390 valence electrons. The summed E-state index contributed by atoms with van der Waals surface area (Å²) in [6, 6.07) is 0. The molecule has 0 aliphatic carbocycles. The minimum absolute atomic E-state index is 0.0234. The van der Waals surface area contributed by atoms with Crippen LogP contribution >= 0.6 is 0 Å². The van der Waals surface area contributed by atoms with E-state index < -0.39 is 23.8 Å². The van der Waals surface area contributed by atoms with Gasteiger partial charge >= 0.3 is 17.9 Å². The van der Waals surface area contributed by atoms with Crippen molar-refractivity contribution in [3.63, 3.8) is 0 Å². The van der Waals surface area contributed by atoms with Crippen LogP contribution in [-0.2, 0) is 28.6 Å². The van der Waals surface area contributed by atoms with E-state index in [2.05, 4.69) is 63.8 Å². The van der Waals surface area contributed by atoms with Gasteiger partial charge in [-0.05, 0) is 96.3 Å². The molecule has 0 saturated heterocycles. The third-order valence-electron chi connectivity index (χ3n) is 13.0. The van der Waals surface area contributed by atoms with Gasteiger partial charge in [-0.15, -0.1) is 0 Å². The number of esters is 3. The van der Waals surface area contributed by atoms with Crippen molar-refractivity contribution >= 4 is 17.9 Å². The summed E-state index contributed by atoms with van der Waals surface area (Å²) in [7, 11) is 0. The third kappa shape index (κ3) is 48.2. The van der Waals surface area contributed by atoms with Gasteiger partial charge in [-0.2, -0.15) is 0 Å². The molecule has 1 unspecified atom stereocenters. The van der Waals surface area contributed by atoms with Crippen LogP contribution in [0.25, 0.3) is 0 Å². The summed E-state index contributed by atoms with van der Waals surface area (Å²) in [6.07, 6.45) is 64.6. The smallest absolute Gasteiger partial charge is 0.334 e. The van der Waals surface area contributed by atoms with Gasteiger partial charge in [0.2, 0.25) is 0 Å². The Bertz CT molecular complexity index is 1190. The number of ether oxygens (including phenoxy) is 3. The molecule has 0 saturated carbocycles. The number of allylic oxidation sites excluding steroid dienone is 6. The van der Waals surface area contributed by atoms with Gasteiger partial charge in [0.15, 0.2) is 0 Å². The fourth-order valence-corrected chi connectivity index (χ4v) is 8.48. The quantitative estimate of drug-likeness (QED) is 0.0199. The van der Waals surface area contributed by atoms with Crippen LogP contribution in [-0.4, -0.2) is 37.7 Å². The van der Waals surface area contributed by atoms with E-state index in [4.69, 9.17) is 14.2 Å². The first-order valence-electron chi connectivity index (χ1n) is 29.1. The predicted molar refractivity (Wildman–Crippen MR) is 288 cm³/mol. The molecule has 1 atom stereocenters. The first-order chi connectivity index (χ1) is 33.0. The summed E-state index contributed by atoms with van der Waals surface area (Å²) >= 11 is 0. The van der Waals surface area contributed by atoms with Crippen LogP contribution in [0, 0.1) is 5.92 Å². The second-order valence-electron chi connectivity index (χ2n) is 19.6. The van der Waals surface area contributed by atoms with Crippen LogP contribution in [0.15, 0.2) is 48.6 Å². The van der Waals surface area contributed by atoms with Crippen LogP contribution < -0.4 is 0 Å². The Labute approximate surface area is 416 Å². The summed E-state index contributed by atoms with van der Waals surface area (Å²) in [5, 5.41) is 0. The van der Waals surface area contributed by atoms with E-state index in [1.54, 1.807) is 0 Å². The number of unbranched alkanes of at least 4 members (excludes halogenated alkanes) is 36. The summed E-state index contributed by atoms with van der Waals surface area (Å²) in [5.74, 6) is -2.84. The zero-order chi connectivity index (χ0) is 48.8. The van der Waals surface area contributed by atoms with Gasteiger partial charge in [-0.3, -0.25) is 9.59 Å². The van der Waals surface area contributed by atoms with Gasteiger partial charge in [0.25, 0.3) is 0 Å². The number of rotatable bonds is 53. The Morgan fingerprint density at radius 3 is 0.910 bits per heavy atom. The molecule has 0 spiro atoms. The van der Waals surface area contributed by atoms with Crippen molar-refractivity contribution in [2.45, 2.75) is 297 Å². The molecule has 0 N–H and O–H groups in total. The monoisotopic (exact) mass is 939 g/mol. The second-order valence-corrected chi connectivity index (χ2v) is 19.6. The molecule has 0 aromatic rings. The SMILES string of the molecule is C=C(C(=O)OCCCCCCCC/C=C\CCCCCCCC)C(CC(=O)OCCCCCCCC/C=C\CCCCCCCC)C(=O)OCCCCCCCC/C=C\CCCCCCCC. The maximum absolute atomic E-state index is 13.3. The van der Waals surface area contributed by atoms with Crippen molar-refractivity contribution in [3.05, 3.63) is 48.6 Å². The lowest BCUT2D eigenvalue weighted by Gasteiger charge is -2.17.